The molecule has 2 N–H and O–H groups in total. The lowest BCUT2D eigenvalue weighted by atomic mass is 10.0. The van der Waals surface area contributed by atoms with Crippen LogP contribution in [-0.4, -0.2) is 35.6 Å². The van der Waals surface area contributed by atoms with Gasteiger partial charge in [0.2, 0.25) is 5.91 Å². The molecule has 0 aromatic rings. The number of carbonyl (C=O) groups is 3. The average Bonchev–Trinajstić information content (AvgIpc) is 3.17. The Morgan fingerprint density at radius 1 is 0.491 bits per heavy atom. The van der Waals surface area contributed by atoms with Gasteiger partial charge in [-0.15, -0.1) is 0 Å². The van der Waals surface area contributed by atoms with Gasteiger partial charge in [0.25, 0.3) is 0 Å². The average molecular weight is 766 g/mol. The Morgan fingerprint density at radius 2 is 0.891 bits per heavy atom. The normalized spacial score (nSPS) is 12.8. The molecule has 0 heterocycles. The van der Waals surface area contributed by atoms with E-state index in [0.717, 1.165) is 122 Å². The van der Waals surface area contributed by atoms with Crippen molar-refractivity contribution in [1.82, 2.24) is 5.32 Å². The number of nitrogens with one attached hydrogen (secondary N) is 1. The predicted octanol–water partition coefficient (Wildman–Crippen LogP) is 14.2. The van der Waals surface area contributed by atoms with Crippen molar-refractivity contribution in [2.24, 2.45) is 0 Å². The molecule has 1 amide bonds. The third-order valence-electron chi connectivity index (χ3n) is 9.64. The number of rotatable bonds is 40. The summed E-state index contributed by atoms with van der Waals surface area (Å²) in [6, 6.07) is 0. The maximum atomic E-state index is 12.8. The quantitative estimate of drug-likeness (QED) is 0.0368. The van der Waals surface area contributed by atoms with Crippen molar-refractivity contribution in [3.63, 3.8) is 0 Å². The van der Waals surface area contributed by atoms with E-state index in [1.165, 1.54) is 57.8 Å². The Hall–Kier alpha value is -3.15. The second-order valence-corrected chi connectivity index (χ2v) is 14.9. The summed E-state index contributed by atoms with van der Waals surface area (Å²) in [7, 11) is 0. The molecule has 0 aromatic heterocycles. The number of amides is 1. The summed E-state index contributed by atoms with van der Waals surface area (Å²) >= 11 is 0. The molecule has 55 heavy (non-hydrogen) atoms. The fraction of sp³-hybridized carbons (Fsp3) is 0.694. The van der Waals surface area contributed by atoms with Crippen LogP contribution < -0.4 is 5.32 Å². The van der Waals surface area contributed by atoms with Gasteiger partial charge in [-0.1, -0.05) is 177 Å². The number of aliphatic carboxylic acids is 1. The predicted molar refractivity (Wildman–Crippen MR) is 235 cm³/mol. The van der Waals surface area contributed by atoms with E-state index in [2.05, 4.69) is 92.1 Å². The molecule has 0 fully saturated rings. The maximum absolute atomic E-state index is 12.8. The highest BCUT2D eigenvalue weighted by atomic mass is 16.5. The van der Waals surface area contributed by atoms with Crippen LogP contribution in [0.1, 0.15) is 206 Å². The summed E-state index contributed by atoms with van der Waals surface area (Å²) in [5.74, 6) is -1.26. The molecule has 1 unspecified atom stereocenters. The summed E-state index contributed by atoms with van der Waals surface area (Å²) in [6.45, 7) is 4.10. The first-order valence-electron chi connectivity index (χ1n) is 22.6. The maximum Gasteiger partial charge on any atom is 0.322 e. The number of allylic oxidation sites excluding steroid dienone is 12. The summed E-state index contributed by atoms with van der Waals surface area (Å²) in [4.78, 5) is 35.0. The molecule has 314 valence electrons. The molecular weight excluding hydrogens is 683 g/mol. The molecule has 0 bridgehead atoms. The van der Waals surface area contributed by atoms with E-state index in [1.807, 2.05) is 0 Å². The highest BCUT2D eigenvalue weighted by Crippen LogP contribution is 2.19. The van der Waals surface area contributed by atoms with Crippen LogP contribution in [0.15, 0.2) is 72.9 Å². The highest BCUT2D eigenvalue weighted by Gasteiger charge is 2.14. The van der Waals surface area contributed by atoms with E-state index in [0.29, 0.717) is 12.8 Å². The van der Waals surface area contributed by atoms with Crippen LogP contribution >= 0.6 is 0 Å². The molecule has 0 rings (SSSR count). The molecular formula is C49H83NO5. The van der Waals surface area contributed by atoms with E-state index in [4.69, 9.17) is 9.84 Å². The number of carboxylic acid groups (broad SMARTS) is 1. The fourth-order valence-electron chi connectivity index (χ4n) is 6.34. The monoisotopic (exact) mass is 766 g/mol. The van der Waals surface area contributed by atoms with Gasteiger partial charge in [0.1, 0.15) is 12.6 Å². The van der Waals surface area contributed by atoms with Crippen LogP contribution in [0, 0.1) is 0 Å². The fourth-order valence-corrected chi connectivity index (χ4v) is 6.34. The summed E-state index contributed by atoms with van der Waals surface area (Å²) < 4.78 is 6.02. The van der Waals surface area contributed by atoms with Crippen molar-refractivity contribution in [2.45, 2.75) is 213 Å². The van der Waals surface area contributed by atoms with Crippen molar-refractivity contribution >= 4 is 17.8 Å². The topological polar surface area (TPSA) is 92.7 Å². The van der Waals surface area contributed by atoms with Gasteiger partial charge in [-0.25, -0.2) is 0 Å². The summed E-state index contributed by atoms with van der Waals surface area (Å²) in [6.07, 6.45) is 58.8. The molecule has 0 spiro atoms. The molecule has 0 saturated carbocycles. The number of ether oxygens (including phenoxy) is 1. The Balaban J connectivity index is 4.14. The van der Waals surface area contributed by atoms with Gasteiger partial charge in [0.05, 0.1) is 0 Å². The van der Waals surface area contributed by atoms with E-state index in [9.17, 15) is 14.4 Å². The van der Waals surface area contributed by atoms with E-state index < -0.39 is 5.97 Å². The van der Waals surface area contributed by atoms with Gasteiger partial charge >= 0.3 is 11.9 Å². The van der Waals surface area contributed by atoms with Crippen molar-refractivity contribution in [2.75, 3.05) is 6.54 Å². The Kier molecular flexibility index (Phi) is 41.1. The van der Waals surface area contributed by atoms with Crippen molar-refractivity contribution < 1.29 is 24.2 Å². The lowest BCUT2D eigenvalue weighted by Crippen LogP contribution is -2.28. The minimum absolute atomic E-state index is 0.0106. The van der Waals surface area contributed by atoms with Gasteiger partial charge in [-0.2, -0.15) is 0 Å². The Morgan fingerprint density at radius 3 is 1.36 bits per heavy atom. The van der Waals surface area contributed by atoms with E-state index >= 15 is 0 Å². The van der Waals surface area contributed by atoms with Crippen molar-refractivity contribution in [1.29, 1.82) is 0 Å². The first-order chi connectivity index (χ1) is 27.0. The number of unbranched alkanes of at least 4 members (excludes halogenated alkanes) is 17. The smallest absolute Gasteiger partial charge is 0.322 e. The molecule has 0 aliphatic rings. The number of hydrogen-bond donors (Lipinski definition) is 2. The zero-order chi connectivity index (χ0) is 40.1. The zero-order valence-electron chi connectivity index (χ0n) is 35.5. The third kappa shape index (κ3) is 43.4. The lowest BCUT2D eigenvalue weighted by Gasteiger charge is -2.18. The van der Waals surface area contributed by atoms with Crippen LogP contribution in [0.2, 0.25) is 0 Å². The molecule has 0 saturated heterocycles. The second kappa shape index (κ2) is 43.6. The molecule has 6 heteroatoms. The minimum Gasteiger partial charge on any atom is -0.480 e. The molecule has 0 aromatic carbocycles. The number of esters is 1. The second-order valence-electron chi connectivity index (χ2n) is 14.9. The van der Waals surface area contributed by atoms with Crippen LogP contribution in [0.4, 0.5) is 0 Å². The van der Waals surface area contributed by atoms with Crippen LogP contribution in [-0.2, 0) is 19.1 Å². The lowest BCUT2D eigenvalue weighted by molar-refractivity contribution is -0.150. The van der Waals surface area contributed by atoms with Crippen LogP contribution in [0.25, 0.3) is 0 Å². The first kappa shape index (κ1) is 51.9. The van der Waals surface area contributed by atoms with Gasteiger partial charge < -0.3 is 15.2 Å². The SMILES string of the molecule is CC/C=C\C/C=C\C/C=C\C/C=C\C/C=C\C/C=C\CCCCCCC(=O)OC(CCCCCCCCCCCC)CCCCCCCC(=O)NCC(=O)O. The molecule has 0 aliphatic heterocycles. The Labute approximate surface area is 338 Å². The van der Waals surface area contributed by atoms with E-state index in [1.54, 1.807) is 0 Å². The number of hydrogen-bond acceptors (Lipinski definition) is 4. The largest absolute Gasteiger partial charge is 0.480 e. The van der Waals surface area contributed by atoms with Gasteiger partial charge in [0.15, 0.2) is 0 Å². The van der Waals surface area contributed by atoms with Gasteiger partial charge in [0, 0.05) is 12.8 Å². The standard InChI is InChI=1S/C49H83NO5/c1-3-5-7-9-11-13-15-16-17-18-19-20-21-22-23-24-25-26-27-29-31-36-40-44-49(54)55-46(41-37-33-30-28-14-12-10-8-6-4-2)42-38-34-32-35-39-43-47(51)50-45-48(52)53/h5,7,11,13,16-17,19-20,22-23,25-26,46H,3-4,6,8-10,12,14-15,18,21,24,27-45H2,1-2H3,(H,50,51)(H,52,53)/b7-5-,13-11-,17-16-,20-19-,23-22-,26-25-. The zero-order valence-corrected chi connectivity index (χ0v) is 35.5. The third-order valence-corrected chi connectivity index (χ3v) is 9.64. The molecule has 6 nitrogen and oxygen atoms in total. The molecule has 0 radical (unpaired) electrons. The summed E-state index contributed by atoms with van der Waals surface area (Å²) in [5.41, 5.74) is 0. The number of carbonyl (C=O) groups excluding carboxylic acids is 2. The molecule has 0 aliphatic carbocycles. The minimum atomic E-state index is -1.02. The highest BCUT2D eigenvalue weighted by molar-refractivity contribution is 5.80. The van der Waals surface area contributed by atoms with Crippen molar-refractivity contribution in [3.05, 3.63) is 72.9 Å². The number of carboxylic acids is 1. The first-order valence-corrected chi connectivity index (χ1v) is 22.6. The van der Waals surface area contributed by atoms with Gasteiger partial charge in [-0.05, 0) is 89.9 Å². The molecule has 1 atom stereocenters. The Bertz CT molecular complexity index is 1070. The van der Waals surface area contributed by atoms with Gasteiger partial charge in [-0.3, -0.25) is 14.4 Å². The van der Waals surface area contributed by atoms with Crippen molar-refractivity contribution in [3.8, 4) is 0 Å². The van der Waals surface area contributed by atoms with Crippen LogP contribution in [0.3, 0.4) is 0 Å². The summed E-state index contributed by atoms with van der Waals surface area (Å²) in [5, 5.41) is 11.1. The van der Waals surface area contributed by atoms with Crippen LogP contribution in [0.5, 0.6) is 0 Å². The van der Waals surface area contributed by atoms with E-state index in [-0.39, 0.29) is 24.5 Å².